The first-order valence-electron chi connectivity index (χ1n) is 6.22. The van der Waals surface area contributed by atoms with E-state index in [0.717, 1.165) is 25.9 Å². The maximum Gasteiger partial charge on any atom is 0.222 e. The van der Waals surface area contributed by atoms with E-state index in [2.05, 4.69) is 0 Å². The quantitative estimate of drug-likeness (QED) is 0.855. The molecule has 1 amide bonds. The summed E-state index contributed by atoms with van der Waals surface area (Å²) < 4.78 is 0. The molecule has 17 heavy (non-hydrogen) atoms. The van der Waals surface area contributed by atoms with Crippen LogP contribution in [0.15, 0.2) is 30.3 Å². The fourth-order valence-corrected chi connectivity index (χ4v) is 2.26. The van der Waals surface area contributed by atoms with Crippen molar-refractivity contribution in [2.75, 3.05) is 19.7 Å². The highest BCUT2D eigenvalue weighted by molar-refractivity contribution is 5.76. The predicted molar refractivity (Wildman–Crippen MR) is 66.5 cm³/mol. The summed E-state index contributed by atoms with van der Waals surface area (Å²) in [7, 11) is 0. The Morgan fingerprint density at radius 3 is 2.76 bits per heavy atom. The third-order valence-corrected chi connectivity index (χ3v) is 3.37. The van der Waals surface area contributed by atoms with Gasteiger partial charge in [-0.1, -0.05) is 30.3 Å². The molecule has 0 aliphatic carbocycles. The molecule has 3 nitrogen and oxygen atoms in total. The summed E-state index contributed by atoms with van der Waals surface area (Å²) in [5.41, 5.74) is 1.21. The van der Waals surface area contributed by atoms with E-state index >= 15 is 0 Å². The number of benzene rings is 1. The van der Waals surface area contributed by atoms with Crippen LogP contribution in [0.3, 0.4) is 0 Å². The zero-order valence-corrected chi connectivity index (χ0v) is 10.0. The topological polar surface area (TPSA) is 40.5 Å². The van der Waals surface area contributed by atoms with E-state index in [1.165, 1.54) is 5.56 Å². The third kappa shape index (κ3) is 3.30. The number of aliphatic hydroxyl groups is 1. The van der Waals surface area contributed by atoms with Crippen molar-refractivity contribution in [2.24, 2.45) is 5.92 Å². The highest BCUT2D eigenvalue weighted by atomic mass is 16.3. The molecule has 1 aliphatic heterocycles. The maximum atomic E-state index is 11.9. The monoisotopic (exact) mass is 233 g/mol. The first kappa shape index (κ1) is 12.1. The number of amides is 1. The van der Waals surface area contributed by atoms with Crippen LogP contribution in [0.4, 0.5) is 0 Å². The molecule has 1 unspecified atom stereocenters. The predicted octanol–water partition coefficient (Wildman–Crippen LogP) is 1.46. The standard InChI is InChI=1S/C14H19NO2/c16-11-13-8-9-15(10-13)14(17)7-6-12-4-2-1-3-5-12/h1-5,13,16H,6-11H2. The van der Waals surface area contributed by atoms with Gasteiger partial charge >= 0.3 is 0 Å². The number of nitrogens with zero attached hydrogens (tertiary/aromatic N) is 1. The van der Waals surface area contributed by atoms with E-state index in [4.69, 9.17) is 5.11 Å². The van der Waals surface area contributed by atoms with Crippen molar-refractivity contribution in [3.63, 3.8) is 0 Å². The Bertz CT molecular complexity index is 364. The van der Waals surface area contributed by atoms with Crippen LogP contribution >= 0.6 is 0 Å². The molecule has 3 heteroatoms. The molecule has 2 rings (SSSR count). The molecule has 1 fully saturated rings. The van der Waals surface area contributed by atoms with Gasteiger partial charge in [0.15, 0.2) is 0 Å². The SMILES string of the molecule is O=C(CCc1ccccc1)N1CCC(CO)C1. The van der Waals surface area contributed by atoms with Gasteiger partial charge in [-0.05, 0) is 18.4 Å². The van der Waals surface area contributed by atoms with Crippen molar-refractivity contribution >= 4 is 5.91 Å². The van der Waals surface area contributed by atoms with Gasteiger partial charge in [-0.2, -0.15) is 0 Å². The first-order chi connectivity index (χ1) is 8.29. The van der Waals surface area contributed by atoms with Crippen LogP contribution in [-0.2, 0) is 11.2 Å². The summed E-state index contributed by atoms with van der Waals surface area (Å²) in [6, 6.07) is 10.1. The summed E-state index contributed by atoms with van der Waals surface area (Å²) in [4.78, 5) is 13.8. The Morgan fingerprint density at radius 1 is 1.35 bits per heavy atom. The molecular formula is C14H19NO2. The van der Waals surface area contributed by atoms with Crippen molar-refractivity contribution in [3.05, 3.63) is 35.9 Å². The minimum absolute atomic E-state index is 0.197. The lowest BCUT2D eigenvalue weighted by Gasteiger charge is -2.16. The van der Waals surface area contributed by atoms with Crippen LogP contribution in [0.2, 0.25) is 0 Å². The summed E-state index contributed by atoms with van der Waals surface area (Å²) in [5.74, 6) is 0.500. The van der Waals surface area contributed by atoms with Crippen molar-refractivity contribution in [1.82, 2.24) is 4.90 Å². The number of rotatable bonds is 4. The first-order valence-corrected chi connectivity index (χ1v) is 6.22. The second kappa shape index (κ2) is 5.82. The highest BCUT2D eigenvalue weighted by Gasteiger charge is 2.24. The third-order valence-electron chi connectivity index (χ3n) is 3.37. The lowest BCUT2D eigenvalue weighted by Crippen LogP contribution is -2.29. The molecular weight excluding hydrogens is 214 g/mol. The van der Waals surface area contributed by atoms with E-state index in [9.17, 15) is 4.79 Å². The second-order valence-electron chi connectivity index (χ2n) is 4.66. The van der Waals surface area contributed by atoms with E-state index in [1.54, 1.807) is 0 Å². The number of carbonyl (C=O) groups is 1. The van der Waals surface area contributed by atoms with E-state index in [1.807, 2.05) is 35.2 Å². The van der Waals surface area contributed by atoms with Gasteiger partial charge in [-0.3, -0.25) is 4.79 Å². The van der Waals surface area contributed by atoms with E-state index < -0.39 is 0 Å². The van der Waals surface area contributed by atoms with Crippen LogP contribution in [0, 0.1) is 5.92 Å². The van der Waals surface area contributed by atoms with Gasteiger partial charge in [0.2, 0.25) is 5.91 Å². The number of likely N-dealkylation sites (tertiary alicyclic amines) is 1. The van der Waals surface area contributed by atoms with Gasteiger partial charge in [-0.25, -0.2) is 0 Å². The number of hydrogen-bond donors (Lipinski definition) is 1. The van der Waals surface area contributed by atoms with Crippen molar-refractivity contribution in [2.45, 2.75) is 19.3 Å². The van der Waals surface area contributed by atoms with Gasteiger partial charge < -0.3 is 10.0 Å². The molecule has 1 heterocycles. The molecule has 1 saturated heterocycles. The Morgan fingerprint density at radius 2 is 2.12 bits per heavy atom. The summed E-state index contributed by atoms with van der Waals surface area (Å²) >= 11 is 0. The smallest absolute Gasteiger partial charge is 0.222 e. The Balaban J connectivity index is 1.78. The van der Waals surface area contributed by atoms with Gasteiger partial charge in [0.25, 0.3) is 0 Å². The van der Waals surface area contributed by atoms with Crippen LogP contribution < -0.4 is 0 Å². The van der Waals surface area contributed by atoms with Crippen LogP contribution in [0.1, 0.15) is 18.4 Å². The lowest BCUT2D eigenvalue weighted by molar-refractivity contribution is -0.130. The number of carbonyl (C=O) groups excluding carboxylic acids is 1. The fraction of sp³-hybridized carbons (Fsp3) is 0.500. The van der Waals surface area contributed by atoms with E-state index in [-0.39, 0.29) is 18.4 Å². The normalized spacial score (nSPS) is 19.6. The Hall–Kier alpha value is -1.35. The molecule has 1 aromatic rings. The number of aliphatic hydroxyl groups excluding tert-OH is 1. The zero-order chi connectivity index (χ0) is 12.1. The second-order valence-corrected chi connectivity index (χ2v) is 4.66. The minimum Gasteiger partial charge on any atom is -0.396 e. The van der Waals surface area contributed by atoms with Crippen molar-refractivity contribution in [1.29, 1.82) is 0 Å². The van der Waals surface area contributed by atoms with Gasteiger partial charge in [0, 0.05) is 32.0 Å². The molecule has 1 N–H and O–H groups in total. The average Bonchev–Trinajstić information content (AvgIpc) is 2.86. The minimum atomic E-state index is 0.197. The van der Waals surface area contributed by atoms with Gasteiger partial charge in [0.1, 0.15) is 0 Å². The van der Waals surface area contributed by atoms with Crippen LogP contribution in [0.25, 0.3) is 0 Å². The Labute approximate surface area is 102 Å². The van der Waals surface area contributed by atoms with Crippen molar-refractivity contribution < 1.29 is 9.90 Å². The molecule has 1 atom stereocenters. The summed E-state index contributed by atoms with van der Waals surface area (Å²) in [6.45, 7) is 1.73. The molecule has 0 bridgehead atoms. The molecule has 0 aromatic heterocycles. The molecule has 92 valence electrons. The largest absolute Gasteiger partial charge is 0.396 e. The van der Waals surface area contributed by atoms with E-state index in [0.29, 0.717) is 6.42 Å². The number of aryl methyl sites for hydroxylation is 1. The molecule has 0 spiro atoms. The summed E-state index contributed by atoms with van der Waals surface area (Å²) in [6.07, 6.45) is 2.32. The van der Waals surface area contributed by atoms with Crippen LogP contribution in [-0.4, -0.2) is 35.6 Å². The zero-order valence-electron chi connectivity index (χ0n) is 10.0. The highest BCUT2D eigenvalue weighted by Crippen LogP contribution is 2.16. The van der Waals surface area contributed by atoms with Gasteiger partial charge in [-0.15, -0.1) is 0 Å². The summed E-state index contributed by atoms with van der Waals surface area (Å²) in [5, 5.41) is 9.04. The fourth-order valence-electron chi connectivity index (χ4n) is 2.26. The molecule has 1 aliphatic rings. The maximum absolute atomic E-state index is 11.9. The number of hydrogen-bond acceptors (Lipinski definition) is 2. The Kier molecular flexibility index (Phi) is 4.15. The van der Waals surface area contributed by atoms with Crippen LogP contribution in [0.5, 0.6) is 0 Å². The lowest BCUT2D eigenvalue weighted by atomic mass is 10.1. The average molecular weight is 233 g/mol. The molecule has 0 radical (unpaired) electrons. The van der Waals surface area contributed by atoms with Crippen molar-refractivity contribution in [3.8, 4) is 0 Å². The van der Waals surface area contributed by atoms with Gasteiger partial charge in [0.05, 0.1) is 0 Å². The molecule has 1 aromatic carbocycles. The molecule has 0 saturated carbocycles.